The Kier molecular flexibility index (Phi) is 6.59. The summed E-state index contributed by atoms with van der Waals surface area (Å²) in [6, 6.07) is 3.90. The number of nitro groups is 1. The minimum atomic E-state index is -3.84. The Balaban J connectivity index is 2.10. The van der Waals surface area contributed by atoms with E-state index in [-0.39, 0.29) is 41.5 Å². The molecule has 9 heteroatoms. The lowest BCUT2D eigenvalue weighted by molar-refractivity contribution is -0.385. The van der Waals surface area contributed by atoms with Gasteiger partial charge in [-0.3, -0.25) is 14.9 Å². The number of amides is 1. The molecule has 150 valence electrons. The van der Waals surface area contributed by atoms with E-state index >= 15 is 0 Å². The van der Waals surface area contributed by atoms with Gasteiger partial charge in [-0.05, 0) is 38.2 Å². The fraction of sp³-hybridized carbons (Fsp3) is 0.611. The minimum Gasteiger partial charge on any atom is -0.353 e. The predicted octanol–water partition coefficient (Wildman–Crippen LogP) is 2.46. The Morgan fingerprint density at radius 1 is 1.26 bits per heavy atom. The maximum absolute atomic E-state index is 12.9. The van der Waals surface area contributed by atoms with Crippen LogP contribution in [0.2, 0.25) is 0 Å². The van der Waals surface area contributed by atoms with Gasteiger partial charge in [0.25, 0.3) is 5.69 Å². The first-order valence-electron chi connectivity index (χ1n) is 9.09. The van der Waals surface area contributed by atoms with E-state index in [1.807, 2.05) is 20.8 Å². The molecule has 0 aromatic heterocycles. The third kappa shape index (κ3) is 4.84. The molecule has 1 saturated heterocycles. The summed E-state index contributed by atoms with van der Waals surface area (Å²) in [5.41, 5.74) is 0.210. The molecule has 27 heavy (non-hydrogen) atoms. The van der Waals surface area contributed by atoms with E-state index < -0.39 is 14.9 Å². The number of carbonyl (C=O) groups is 1. The van der Waals surface area contributed by atoms with Crippen molar-refractivity contribution in [2.75, 3.05) is 13.1 Å². The second-order valence-corrected chi connectivity index (χ2v) is 9.33. The van der Waals surface area contributed by atoms with Gasteiger partial charge in [0.05, 0.1) is 9.82 Å². The number of hydrogen-bond donors (Lipinski definition) is 1. The van der Waals surface area contributed by atoms with Crippen LogP contribution < -0.4 is 5.32 Å². The first-order valence-corrected chi connectivity index (χ1v) is 10.5. The zero-order valence-electron chi connectivity index (χ0n) is 16.1. The van der Waals surface area contributed by atoms with Crippen molar-refractivity contribution in [1.29, 1.82) is 0 Å². The van der Waals surface area contributed by atoms with Crippen molar-refractivity contribution in [2.24, 2.45) is 11.8 Å². The lowest BCUT2D eigenvalue weighted by atomic mass is 9.96. The molecular weight excluding hydrogens is 370 g/mol. The first-order chi connectivity index (χ1) is 12.5. The number of carbonyl (C=O) groups excluding carboxylic acids is 1. The van der Waals surface area contributed by atoms with Gasteiger partial charge < -0.3 is 5.32 Å². The van der Waals surface area contributed by atoms with Gasteiger partial charge in [0, 0.05) is 37.2 Å². The van der Waals surface area contributed by atoms with Gasteiger partial charge in [0.15, 0.2) is 0 Å². The van der Waals surface area contributed by atoms with Crippen LogP contribution in [0.4, 0.5) is 5.69 Å². The van der Waals surface area contributed by atoms with Crippen LogP contribution in [0.1, 0.15) is 39.2 Å². The molecule has 1 aliphatic rings. The second-order valence-electron chi connectivity index (χ2n) is 7.43. The summed E-state index contributed by atoms with van der Waals surface area (Å²) >= 11 is 0. The smallest absolute Gasteiger partial charge is 0.270 e. The Hall–Kier alpha value is -2.00. The number of nitro benzene ring substituents is 1. The van der Waals surface area contributed by atoms with Crippen LogP contribution in [0.5, 0.6) is 0 Å². The maximum Gasteiger partial charge on any atom is 0.270 e. The quantitative estimate of drug-likeness (QED) is 0.586. The molecule has 0 radical (unpaired) electrons. The average molecular weight is 397 g/mol. The van der Waals surface area contributed by atoms with E-state index in [1.165, 1.54) is 16.4 Å². The Morgan fingerprint density at radius 2 is 1.85 bits per heavy atom. The highest BCUT2D eigenvalue weighted by atomic mass is 32.2. The molecule has 1 aromatic carbocycles. The molecular formula is C18H27N3O5S. The van der Waals surface area contributed by atoms with Crippen LogP contribution in [0.25, 0.3) is 0 Å². The van der Waals surface area contributed by atoms with Gasteiger partial charge in [0.2, 0.25) is 15.9 Å². The van der Waals surface area contributed by atoms with Crippen molar-refractivity contribution in [1.82, 2.24) is 9.62 Å². The molecule has 1 fully saturated rings. The average Bonchev–Trinajstić information content (AvgIpc) is 2.61. The third-order valence-electron chi connectivity index (χ3n) is 5.20. The van der Waals surface area contributed by atoms with Crippen LogP contribution >= 0.6 is 0 Å². The largest absolute Gasteiger partial charge is 0.353 e. The van der Waals surface area contributed by atoms with Crippen molar-refractivity contribution >= 4 is 21.6 Å². The number of non-ortho nitro benzene ring substituents is 1. The van der Waals surface area contributed by atoms with Crippen LogP contribution in [0, 0.1) is 28.9 Å². The van der Waals surface area contributed by atoms with E-state index in [0.717, 1.165) is 6.07 Å². The molecule has 0 bridgehead atoms. The summed E-state index contributed by atoms with van der Waals surface area (Å²) in [5, 5.41) is 14.0. The van der Waals surface area contributed by atoms with Gasteiger partial charge in [-0.25, -0.2) is 8.42 Å². The molecule has 1 aliphatic heterocycles. The molecule has 1 N–H and O–H groups in total. The lowest BCUT2D eigenvalue weighted by Crippen LogP contribution is -2.45. The lowest BCUT2D eigenvalue weighted by Gasteiger charge is -2.31. The number of benzene rings is 1. The van der Waals surface area contributed by atoms with Crippen molar-refractivity contribution < 1.29 is 18.1 Å². The molecule has 2 rings (SSSR count). The van der Waals surface area contributed by atoms with Crippen molar-refractivity contribution in [3.8, 4) is 0 Å². The number of piperidine rings is 1. The number of aryl methyl sites for hydroxylation is 1. The molecule has 1 aromatic rings. The van der Waals surface area contributed by atoms with Gasteiger partial charge in [-0.1, -0.05) is 19.9 Å². The van der Waals surface area contributed by atoms with Crippen LogP contribution in [0.15, 0.2) is 23.1 Å². The van der Waals surface area contributed by atoms with E-state index in [1.54, 1.807) is 6.92 Å². The fourth-order valence-electron chi connectivity index (χ4n) is 2.99. The highest BCUT2D eigenvalue weighted by molar-refractivity contribution is 7.89. The molecule has 1 heterocycles. The van der Waals surface area contributed by atoms with Crippen molar-refractivity contribution in [3.63, 3.8) is 0 Å². The van der Waals surface area contributed by atoms with E-state index in [4.69, 9.17) is 0 Å². The standard InChI is InChI=1S/C18H27N3O5S/c1-12(2)14(4)19-18(22)15-7-9-20(10-8-15)27(25,26)17-11-16(21(23)24)6-5-13(17)3/h5-6,11-12,14-15H,7-10H2,1-4H3,(H,19,22). The van der Waals surface area contributed by atoms with Gasteiger partial charge >= 0.3 is 0 Å². The van der Waals surface area contributed by atoms with Crippen LogP contribution in [0.3, 0.4) is 0 Å². The number of hydrogen-bond acceptors (Lipinski definition) is 5. The van der Waals surface area contributed by atoms with Gasteiger partial charge in [0.1, 0.15) is 0 Å². The Bertz CT molecular complexity index is 814. The highest BCUT2D eigenvalue weighted by Gasteiger charge is 2.34. The molecule has 1 amide bonds. The maximum atomic E-state index is 12.9. The second kappa shape index (κ2) is 8.35. The molecule has 8 nitrogen and oxygen atoms in total. The Labute approximate surface area is 160 Å². The first kappa shape index (κ1) is 21.3. The number of nitrogens with zero attached hydrogens (tertiary/aromatic N) is 2. The number of nitrogens with one attached hydrogen (secondary N) is 1. The summed E-state index contributed by atoms with van der Waals surface area (Å²) in [5.74, 6) is 0.0647. The molecule has 0 saturated carbocycles. The van der Waals surface area contributed by atoms with Crippen LogP contribution in [-0.2, 0) is 14.8 Å². The summed E-state index contributed by atoms with van der Waals surface area (Å²) in [6.45, 7) is 8.07. The van der Waals surface area contributed by atoms with Gasteiger partial charge in [-0.15, -0.1) is 0 Å². The molecule has 0 aliphatic carbocycles. The number of rotatable bonds is 6. The zero-order valence-corrected chi connectivity index (χ0v) is 17.0. The molecule has 1 atom stereocenters. The zero-order chi connectivity index (χ0) is 20.4. The normalized spacial score (nSPS) is 17.7. The van der Waals surface area contributed by atoms with Crippen molar-refractivity contribution in [2.45, 2.75) is 51.5 Å². The Morgan fingerprint density at radius 3 is 2.37 bits per heavy atom. The SMILES string of the molecule is Cc1ccc([N+](=O)[O-])cc1S(=O)(=O)N1CCC(C(=O)NC(C)C(C)C)CC1. The summed E-state index contributed by atoms with van der Waals surface area (Å²) < 4.78 is 27.2. The minimum absolute atomic E-state index is 0.0419. The van der Waals surface area contributed by atoms with E-state index in [2.05, 4.69) is 5.32 Å². The number of sulfonamides is 1. The van der Waals surface area contributed by atoms with Crippen molar-refractivity contribution in [3.05, 3.63) is 33.9 Å². The summed E-state index contributed by atoms with van der Waals surface area (Å²) in [4.78, 5) is 22.7. The topological polar surface area (TPSA) is 110 Å². The molecule has 1 unspecified atom stereocenters. The fourth-order valence-corrected chi connectivity index (χ4v) is 4.70. The van der Waals surface area contributed by atoms with Crippen LogP contribution in [-0.4, -0.2) is 42.7 Å². The third-order valence-corrected chi connectivity index (χ3v) is 7.24. The van der Waals surface area contributed by atoms with E-state index in [9.17, 15) is 23.3 Å². The molecule has 0 spiro atoms. The summed E-state index contributed by atoms with van der Waals surface area (Å²) in [6.07, 6.45) is 0.869. The van der Waals surface area contributed by atoms with E-state index in [0.29, 0.717) is 24.3 Å². The monoisotopic (exact) mass is 397 g/mol. The summed E-state index contributed by atoms with van der Waals surface area (Å²) in [7, 11) is -3.84. The van der Waals surface area contributed by atoms with Gasteiger partial charge in [-0.2, -0.15) is 4.31 Å². The predicted molar refractivity (Wildman–Crippen MR) is 102 cm³/mol. The highest BCUT2D eigenvalue weighted by Crippen LogP contribution is 2.28.